The molecule has 3 nitrogen and oxygen atoms in total. The van der Waals surface area contributed by atoms with Crippen molar-refractivity contribution < 1.29 is 19.0 Å². The van der Waals surface area contributed by atoms with Crippen LogP contribution in [0.3, 0.4) is 0 Å². The fourth-order valence-electron chi connectivity index (χ4n) is 1.18. The lowest BCUT2D eigenvalue weighted by Gasteiger charge is -2.13. The average Bonchev–Trinajstić information content (AvgIpc) is 2.19. The van der Waals surface area contributed by atoms with Crippen molar-refractivity contribution in [3.05, 3.63) is 34.6 Å². The van der Waals surface area contributed by atoms with Crippen molar-refractivity contribution in [3.63, 3.8) is 0 Å². The first kappa shape index (κ1) is 11.9. The smallest absolute Gasteiger partial charge is 0.337 e. The van der Waals surface area contributed by atoms with Crippen LogP contribution in [0.25, 0.3) is 0 Å². The number of benzene rings is 1. The van der Waals surface area contributed by atoms with Crippen LogP contribution in [0.15, 0.2) is 18.2 Å². The average molecular weight is 233 g/mol. The third kappa shape index (κ3) is 2.67. The molecule has 0 aromatic heterocycles. The molecule has 0 spiro atoms. The Morgan fingerprint density at radius 1 is 1.67 bits per heavy atom. The molecule has 1 N–H and O–H groups in total. The van der Waals surface area contributed by atoms with Gasteiger partial charge in [-0.3, -0.25) is 0 Å². The van der Waals surface area contributed by atoms with Crippen LogP contribution in [-0.4, -0.2) is 17.7 Å². The first-order valence-electron chi connectivity index (χ1n) is 4.36. The van der Waals surface area contributed by atoms with Gasteiger partial charge in [0.15, 0.2) is 6.10 Å². The summed E-state index contributed by atoms with van der Waals surface area (Å²) in [6.07, 6.45) is -1.31. The van der Waals surface area contributed by atoms with E-state index in [2.05, 4.69) is 0 Å². The Kier molecular flexibility index (Phi) is 4.05. The Bertz CT molecular complexity index is 368. The summed E-state index contributed by atoms with van der Waals surface area (Å²) in [5.41, 5.74) is -0.0585. The molecule has 0 saturated carbocycles. The first-order chi connectivity index (χ1) is 7.07. The number of aliphatic carboxylic acids is 1. The maximum atomic E-state index is 13.5. The van der Waals surface area contributed by atoms with Crippen LogP contribution in [-0.2, 0) is 9.53 Å². The Morgan fingerprint density at radius 2 is 2.33 bits per heavy atom. The molecule has 15 heavy (non-hydrogen) atoms. The minimum Gasteiger partial charge on any atom is -0.479 e. The number of rotatable bonds is 4. The lowest BCUT2D eigenvalue weighted by Crippen LogP contribution is -2.16. The van der Waals surface area contributed by atoms with Crippen LogP contribution in [0.2, 0.25) is 5.02 Å². The Balaban J connectivity index is 3.11. The van der Waals surface area contributed by atoms with Crippen LogP contribution < -0.4 is 0 Å². The molecule has 0 amide bonds. The van der Waals surface area contributed by atoms with E-state index in [1.165, 1.54) is 18.2 Å². The highest BCUT2D eigenvalue weighted by atomic mass is 35.5. The molecule has 0 fully saturated rings. The van der Waals surface area contributed by atoms with Crippen LogP contribution in [0.4, 0.5) is 4.39 Å². The second-order valence-electron chi connectivity index (χ2n) is 2.82. The van der Waals surface area contributed by atoms with Crippen molar-refractivity contribution in [3.8, 4) is 0 Å². The normalized spacial score (nSPS) is 12.5. The van der Waals surface area contributed by atoms with E-state index in [0.717, 1.165) is 0 Å². The zero-order valence-corrected chi connectivity index (χ0v) is 8.79. The molecule has 5 heteroatoms. The molecule has 0 saturated heterocycles. The maximum Gasteiger partial charge on any atom is 0.337 e. The van der Waals surface area contributed by atoms with Gasteiger partial charge in [-0.2, -0.15) is 0 Å². The molecule has 1 atom stereocenters. The number of carboxylic acids is 1. The van der Waals surface area contributed by atoms with E-state index in [9.17, 15) is 9.18 Å². The molecule has 0 aliphatic rings. The summed E-state index contributed by atoms with van der Waals surface area (Å²) in [5.74, 6) is -1.99. The number of hydrogen-bond donors (Lipinski definition) is 1. The van der Waals surface area contributed by atoms with Gasteiger partial charge < -0.3 is 9.84 Å². The summed E-state index contributed by atoms with van der Waals surface area (Å²) in [5, 5.41) is 8.73. The molecular formula is C10H10ClFO3. The second kappa shape index (κ2) is 5.09. The van der Waals surface area contributed by atoms with E-state index in [-0.39, 0.29) is 17.2 Å². The van der Waals surface area contributed by atoms with Crippen molar-refractivity contribution in [1.82, 2.24) is 0 Å². The first-order valence-corrected chi connectivity index (χ1v) is 4.74. The zero-order valence-electron chi connectivity index (χ0n) is 8.04. The third-order valence-electron chi connectivity index (χ3n) is 1.82. The van der Waals surface area contributed by atoms with Gasteiger partial charge in [0.05, 0.1) is 5.02 Å². The van der Waals surface area contributed by atoms with E-state index < -0.39 is 17.9 Å². The van der Waals surface area contributed by atoms with Gasteiger partial charge in [-0.05, 0) is 13.0 Å². The van der Waals surface area contributed by atoms with Gasteiger partial charge in [-0.25, -0.2) is 9.18 Å². The maximum absolute atomic E-state index is 13.5. The zero-order chi connectivity index (χ0) is 11.4. The van der Waals surface area contributed by atoms with Crippen molar-refractivity contribution >= 4 is 17.6 Å². The fourth-order valence-corrected chi connectivity index (χ4v) is 1.37. The number of carboxylic acid groups (broad SMARTS) is 1. The Hall–Kier alpha value is -1.13. The lowest BCUT2D eigenvalue weighted by atomic mass is 10.1. The summed E-state index contributed by atoms with van der Waals surface area (Å²) in [4.78, 5) is 10.8. The molecule has 1 aromatic rings. The van der Waals surface area contributed by atoms with Gasteiger partial charge in [0, 0.05) is 12.2 Å². The molecule has 1 aromatic carbocycles. The van der Waals surface area contributed by atoms with Gasteiger partial charge in [-0.1, -0.05) is 23.7 Å². The van der Waals surface area contributed by atoms with E-state index >= 15 is 0 Å². The predicted molar refractivity (Wildman–Crippen MR) is 53.4 cm³/mol. The van der Waals surface area contributed by atoms with E-state index in [1.54, 1.807) is 6.92 Å². The van der Waals surface area contributed by atoms with E-state index in [4.69, 9.17) is 21.4 Å². The fraction of sp³-hybridized carbons (Fsp3) is 0.300. The minimum atomic E-state index is -1.31. The van der Waals surface area contributed by atoms with Crippen LogP contribution in [0.5, 0.6) is 0 Å². The summed E-state index contributed by atoms with van der Waals surface area (Å²) in [6, 6.07) is 4.18. The Morgan fingerprint density at radius 3 is 2.87 bits per heavy atom. The highest BCUT2D eigenvalue weighted by Crippen LogP contribution is 2.25. The molecule has 0 heterocycles. The molecule has 0 aliphatic heterocycles. The molecule has 82 valence electrons. The largest absolute Gasteiger partial charge is 0.479 e. The van der Waals surface area contributed by atoms with Crippen LogP contribution in [0.1, 0.15) is 18.6 Å². The second-order valence-corrected chi connectivity index (χ2v) is 3.22. The summed E-state index contributed by atoms with van der Waals surface area (Å²) in [7, 11) is 0. The highest BCUT2D eigenvalue weighted by Gasteiger charge is 2.24. The SMILES string of the molecule is CCOC(C(=O)O)c1cccc(Cl)c1F. The minimum absolute atomic E-state index is 0.0585. The lowest BCUT2D eigenvalue weighted by molar-refractivity contribution is -0.150. The van der Waals surface area contributed by atoms with Crippen molar-refractivity contribution in [2.24, 2.45) is 0 Å². The standard InChI is InChI=1S/C10H10ClFO3/c1-2-15-9(10(13)14)6-4-3-5-7(11)8(6)12/h3-5,9H,2H2,1H3,(H,13,14). The van der Waals surface area contributed by atoms with Gasteiger partial charge in [0.25, 0.3) is 0 Å². The summed E-state index contributed by atoms with van der Waals surface area (Å²) in [6.45, 7) is 1.82. The van der Waals surface area contributed by atoms with Gasteiger partial charge >= 0.3 is 5.97 Å². The summed E-state index contributed by atoms with van der Waals surface area (Å²) < 4.78 is 18.4. The number of halogens is 2. The van der Waals surface area contributed by atoms with Crippen molar-refractivity contribution in [2.75, 3.05) is 6.61 Å². The topological polar surface area (TPSA) is 46.5 Å². The number of hydrogen-bond acceptors (Lipinski definition) is 2. The molecule has 0 bridgehead atoms. The molecule has 0 radical (unpaired) electrons. The quantitative estimate of drug-likeness (QED) is 0.868. The number of ether oxygens (including phenoxy) is 1. The molecule has 1 unspecified atom stereocenters. The van der Waals surface area contributed by atoms with Gasteiger partial charge in [0.1, 0.15) is 5.82 Å². The monoisotopic (exact) mass is 232 g/mol. The summed E-state index contributed by atoms with van der Waals surface area (Å²) >= 11 is 5.54. The van der Waals surface area contributed by atoms with Gasteiger partial charge in [0.2, 0.25) is 0 Å². The van der Waals surface area contributed by atoms with E-state index in [0.29, 0.717) is 0 Å². The van der Waals surface area contributed by atoms with Gasteiger partial charge in [-0.15, -0.1) is 0 Å². The number of carbonyl (C=O) groups is 1. The van der Waals surface area contributed by atoms with Crippen molar-refractivity contribution in [1.29, 1.82) is 0 Å². The molecule has 1 rings (SSSR count). The van der Waals surface area contributed by atoms with Crippen molar-refractivity contribution in [2.45, 2.75) is 13.0 Å². The molecule has 0 aliphatic carbocycles. The highest BCUT2D eigenvalue weighted by molar-refractivity contribution is 6.30. The molecular weight excluding hydrogens is 223 g/mol. The van der Waals surface area contributed by atoms with E-state index in [1.807, 2.05) is 0 Å². The Labute approximate surface area is 91.4 Å². The van der Waals surface area contributed by atoms with Crippen LogP contribution in [0, 0.1) is 5.82 Å². The third-order valence-corrected chi connectivity index (χ3v) is 2.11. The van der Waals surface area contributed by atoms with Crippen LogP contribution >= 0.6 is 11.6 Å². The predicted octanol–water partition coefficient (Wildman–Crippen LogP) is 2.64.